The first-order valence-electron chi connectivity index (χ1n) is 5.14. The van der Waals surface area contributed by atoms with Gasteiger partial charge in [-0.15, -0.1) is 0 Å². The van der Waals surface area contributed by atoms with Crippen molar-refractivity contribution in [3.05, 3.63) is 0 Å². The summed E-state index contributed by atoms with van der Waals surface area (Å²) in [5.74, 6) is 1.69. The van der Waals surface area contributed by atoms with Gasteiger partial charge in [-0.05, 0) is 31.1 Å². The van der Waals surface area contributed by atoms with Gasteiger partial charge in [-0.25, -0.2) is 0 Å². The maximum Gasteiger partial charge on any atom is 0.169 e. The number of rotatable bonds is 0. The van der Waals surface area contributed by atoms with Crippen LogP contribution in [-0.4, -0.2) is 19.0 Å². The van der Waals surface area contributed by atoms with Crippen LogP contribution in [0.25, 0.3) is 0 Å². The van der Waals surface area contributed by atoms with Crippen LogP contribution in [0.5, 0.6) is 0 Å². The van der Waals surface area contributed by atoms with Crippen molar-refractivity contribution in [3.8, 4) is 0 Å². The van der Waals surface area contributed by atoms with Gasteiger partial charge >= 0.3 is 0 Å². The van der Waals surface area contributed by atoms with Gasteiger partial charge in [0, 0.05) is 12.8 Å². The minimum atomic E-state index is -0.121. The second-order valence-corrected chi connectivity index (χ2v) is 4.56. The summed E-state index contributed by atoms with van der Waals surface area (Å²) in [6.45, 7) is 1.64. The lowest BCUT2D eigenvalue weighted by Crippen LogP contribution is -2.37. The molecule has 3 fully saturated rings. The molecule has 0 radical (unpaired) electrons. The first kappa shape index (κ1) is 7.34. The van der Waals surface area contributed by atoms with E-state index in [1.54, 1.807) is 0 Å². The summed E-state index contributed by atoms with van der Waals surface area (Å²) >= 11 is 0. The van der Waals surface area contributed by atoms with E-state index in [0.29, 0.717) is 0 Å². The van der Waals surface area contributed by atoms with Crippen molar-refractivity contribution in [1.82, 2.24) is 0 Å². The highest BCUT2D eigenvalue weighted by Gasteiger charge is 2.47. The maximum atomic E-state index is 5.74. The number of hydrogen-bond acceptors (Lipinski definition) is 2. The second kappa shape index (κ2) is 2.46. The zero-order chi connectivity index (χ0) is 8.02. The fraction of sp³-hybridized carbons (Fsp3) is 1.00. The van der Waals surface area contributed by atoms with Crippen LogP contribution in [0.2, 0.25) is 0 Å². The third-order valence-electron chi connectivity index (χ3n) is 3.66. The van der Waals surface area contributed by atoms with Crippen molar-refractivity contribution < 1.29 is 9.47 Å². The molecule has 2 heteroatoms. The third kappa shape index (κ3) is 1.01. The van der Waals surface area contributed by atoms with Gasteiger partial charge in [0.1, 0.15) is 0 Å². The smallest absolute Gasteiger partial charge is 0.169 e. The van der Waals surface area contributed by atoms with Gasteiger partial charge < -0.3 is 9.47 Å². The number of fused-ring (bicyclic) bond motifs is 2. The second-order valence-electron chi connectivity index (χ2n) is 4.56. The molecule has 0 amide bonds. The molecular weight excluding hydrogens is 152 g/mol. The minimum Gasteiger partial charge on any atom is -0.348 e. The van der Waals surface area contributed by atoms with E-state index in [-0.39, 0.29) is 5.79 Å². The predicted octanol–water partition coefficient (Wildman–Crippen LogP) is 1.94. The van der Waals surface area contributed by atoms with Gasteiger partial charge in [0.05, 0.1) is 13.2 Å². The molecule has 1 heterocycles. The van der Waals surface area contributed by atoms with Crippen LogP contribution in [0.1, 0.15) is 32.1 Å². The molecule has 3 rings (SSSR count). The lowest BCUT2D eigenvalue weighted by atomic mass is 9.84. The molecule has 0 aromatic rings. The summed E-state index contributed by atoms with van der Waals surface area (Å²) in [5, 5.41) is 0. The van der Waals surface area contributed by atoms with Crippen molar-refractivity contribution in [1.29, 1.82) is 0 Å². The van der Waals surface area contributed by atoms with Crippen LogP contribution in [0, 0.1) is 11.8 Å². The van der Waals surface area contributed by atoms with E-state index in [9.17, 15) is 0 Å². The summed E-state index contributed by atoms with van der Waals surface area (Å²) < 4.78 is 11.5. The van der Waals surface area contributed by atoms with Crippen molar-refractivity contribution in [2.45, 2.75) is 37.9 Å². The average molecular weight is 168 g/mol. The Kier molecular flexibility index (Phi) is 1.50. The zero-order valence-electron chi connectivity index (χ0n) is 7.42. The third-order valence-corrected chi connectivity index (χ3v) is 3.66. The van der Waals surface area contributed by atoms with Crippen LogP contribution in [0.4, 0.5) is 0 Å². The Balaban J connectivity index is 1.80. The van der Waals surface area contributed by atoms with E-state index in [2.05, 4.69) is 0 Å². The molecule has 3 aliphatic rings. The Morgan fingerprint density at radius 3 is 2.08 bits per heavy atom. The van der Waals surface area contributed by atoms with Crippen LogP contribution in [0.15, 0.2) is 0 Å². The van der Waals surface area contributed by atoms with Crippen LogP contribution in [-0.2, 0) is 9.47 Å². The zero-order valence-corrected chi connectivity index (χ0v) is 7.42. The van der Waals surface area contributed by atoms with Gasteiger partial charge in [0.25, 0.3) is 0 Å². The predicted molar refractivity (Wildman–Crippen MR) is 44.7 cm³/mol. The van der Waals surface area contributed by atoms with Gasteiger partial charge in [-0.2, -0.15) is 0 Å². The van der Waals surface area contributed by atoms with Crippen LogP contribution < -0.4 is 0 Å². The molecule has 2 atom stereocenters. The summed E-state index contributed by atoms with van der Waals surface area (Å²) in [5.41, 5.74) is 0. The molecule has 2 unspecified atom stereocenters. The topological polar surface area (TPSA) is 18.5 Å². The van der Waals surface area contributed by atoms with E-state index in [0.717, 1.165) is 25.0 Å². The highest BCUT2D eigenvalue weighted by atomic mass is 16.7. The molecule has 2 bridgehead atoms. The average Bonchev–Trinajstić information content (AvgIpc) is 2.60. The summed E-state index contributed by atoms with van der Waals surface area (Å²) in [6.07, 6.45) is 6.61. The largest absolute Gasteiger partial charge is 0.348 e. The van der Waals surface area contributed by atoms with Gasteiger partial charge in [0.15, 0.2) is 5.79 Å². The summed E-state index contributed by atoms with van der Waals surface area (Å²) in [6, 6.07) is 0. The Morgan fingerprint density at radius 1 is 0.917 bits per heavy atom. The van der Waals surface area contributed by atoms with Crippen molar-refractivity contribution in [3.63, 3.8) is 0 Å². The van der Waals surface area contributed by atoms with Crippen molar-refractivity contribution in [2.24, 2.45) is 11.8 Å². The SMILES string of the molecule is C1COC2(CC3CCC(C3)C2)O1. The first-order valence-corrected chi connectivity index (χ1v) is 5.14. The molecule has 0 aromatic heterocycles. The van der Waals surface area contributed by atoms with E-state index in [4.69, 9.17) is 9.47 Å². The lowest BCUT2D eigenvalue weighted by molar-refractivity contribution is -0.189. The summed E-state index contributed by atoms with van der Waals surface area (Å²) in [7, 11) is 0. The molecule has 1 spiro atoms. The summed E-state index contributed by atoms with van der Waals surface area (Å²) in [4.78, 5) is 0. The molecule has 2 nitrogen and oxygen atoms in total. The van der Waals surface area contributed by atoms with Gasteiger partial charge in [-0.1, -0.05) is 0 Å². The minimum absolute atomic E-state index is 0.121. The molecule has 0 N–H and O–H groups in total. The molecule has 1 saturated heterocycles. The highest BCUT2D eigenvalue weighted by molar-refractivity contribution is 4.92. The van der Waals surface area contributed by atoms with Gasteiger partial charge in [0.2, 0.25) is 0 Å². The molecule has 12 heavy (non-hydrogen) atoms. The number of ether oxygens (including phenoxy) is 2. The highest BCUT2D eigenvalue weighted by Crippen LogP contribution is 2.49. The first-order chi connectivity index (χ1) is 5.86. The number of hydrogen-bond donors (Lipinski definition) is 0. The lowest BCUT2D eigenvalue weighted by Gasteiger charge is -2.35. The Hall–Kier alpha value is -0.0800. The molecule has 2 saturated carbocycles. The Morgan fingerprint density at radius 2 is 1.50 bits per heavy atom. The van der Waals surface area contributed by atoms with E-state index >= 15 is 0 Å². The van der Waals surface area contributed by atoms with Gasteiger partial charge in [-0.3, -0.25) is 0 Å². The molecule has 1 aliphatic heterocycles. The maximum absolute atomic E-state index is 5.74. The van der Waals surface area contributed by atoms with E-state index in [1.807, 2.05) is 0 Å². The van der Waals surface area contributed by atoms with Crippen LogP contribution in [0.3, 0.4) is 0 Å². The Bertz CT molecular complexity index is 170. The fourth-order valence-electron chi connectivity index (χ4n) is 3.24. The molecule has 68 valence electrons. The quantitative estimate of drug-likeness (QED) is 0.550. The van der Waals surface area contributed by atoms with Crippen LogP contribution >= 0.6 is 0 Å². The monoisotopic (exact) mass is 168 g/mol. The van der Waals surface area contributed by atoms with E-state index < -0.39 is 0 Å². The molecule has 0 aromatic carbocycles. The molecular formula is C10H16O2. The standard InChI is InChI=1S/C10H16O2/c1-2-9-5-8(1)6-10(7-9)11-3-4-12-10/h8-9H,1-7H2. The normalized spacial score (nSPS) is 44.0. The van der Waals surface area contributed by atoms with Crippen molar-refractivity contribution in [2.75, 3.05) is 13.2 Å². The van der Waals surface area contributed by atoms with Crippen molar-refractivity contribution >= 4 is 0 Å². The molecule has 2 aliphatic carbocycles. The van der Waals surface area contributed by atoms with E-state index in [1.165, 1.54) is 32.1 Å². The fourth-order valence-corrected chi connectivity index (χ4v) is 3.24. The Labute approximate surface area is 73.2 Å².